The number of hydrogen-bond acceptors (Lipinski definition) is 6. The Kier molecular flexibility index (Phi) is 6.50. The van der Waals surface area contributed by atoms with E-state index in [1.54, 1.807) is 18.2 Å². The fourth-order valence-electron chi connectivity index (χ4n) is 7.88. The number of carbonyl (C=O) groups excluding carboxylic acids is 1. The number of aliphatic hydroxyl groups is 1. The molecular weight excluding hydrogens is 520 g/mol. The number of H-pyrrole nitrogens is 2. The molecule has 1 saturated carbocycles. The lowest BCUT2D eigenvalue weighted by Gasteiger charge is -2.65. The maximum absolute atomic E-state index is 13.3. The van der Waals surface area contributed by atoms with Crippen LogP contribution in [0.4, 0.5) is 0 Å². The quantitative estimate of drug-likeness (QED) is 0.327. The van der Waals surface area contributed by atoms with Crippen molar-refractivity contribution < 1.29 is 15.0 Å². The number of aromatic nitrogens is 2. The van der Waals surface area contributed by atoms with E-state index in [1.807, 2.05) is 18.2 Å². The highest BCUT2D eigenvalue weighted by Crippen LogP contribution is 2.63. The molecule has 1 aliphatic heterocycles. The summed E-state index contributed by atoms with van der Waals surface area (Å²) in [5, 5.41) is 26.9. The molecule has 2 bridgehead atoms. The fourth-order valence-corrected chi connectivity index (χ4v) is 7.88. The molecule has 216 valence electrons. The molecule has 9 heteroatoms. The Morgan fingerprint density at radius 2 is 1.85 bits per heavy atom. The summed E-state index contributed by atoms with van der Waals surface area (Å²) < 4.78 is 0. The number of carbonyl (C=O) groups is 1. The molecule has 3 atom stereocenters. The molecule has 41 heavy (non-hydrogen) atoms. The van der Waals surface area contributed by atoms with Crippen molar-refractivity contribution in [2.24, 2.45) is 5.41 Å². The number of aromatic hydroxyl groups is 1. The van der Waals surface area contributed by atoms with Crippen LogP contribution in [0.5, 0.6) is 5.75 Å². The maximum Gasteiger partial charge on any atom is 0.325 e. The van der Waals surface area contributed by atoms with E-state index in [4.69, 9.17) is 0 Å². The highest BCUT2D eigenvalue weighted by atomic mass is 16.3. The van der Waals surface area contributed by atoms with Crippen LogP contribution in [0.15, 0.2) is 52.2 Å². The van der Waals surface area contributed by atoms with Crippen molar-refractivity contribution in [3.8, 4) is 16.9 Å². The third kappa shape index (κ3) is 4.42. The van der Waals surface area contributed by atoms with Crippen LogP contribution in [0, 0.1) is 5.41 Å². The number of nitrogens with one attached hydrogen (secondary N) is 3. The van der Waals surface area contributed by atoms with E-state index in [0.717, 1.165) is 42.5 Å². The van der Waals surface area contributed by atoms with Crippen molar-refractivity contribution in [3.63, 3.8) is 0 Å². The average molecular weight is 559 g/mol. The monoisotopic (exact) mass is 558 g/mol. The largest absolute Gasteiger partial charge is 0.507 e. The van der Waals surface area contributed by atoms with Gasteiger partial charge in [0.25, 0.3) is 11.5 Å². The van der Waals surface area contributed by atoms with Gasteiger partial charge in [-0.25, -0.2) is 4.79 Å². The number of amides is 1. The molecule has 1 aromatic heterocycles. The summed E-state index contributed by atoms with van der Waals surface area (Å²) in [7, 11) is 2.08. The first kappa shape index (κ1) is 27.5. The molecule has 9 nitrogen and oxygen atoms in total. The highest BCUT2D eigenvalue weighted by Gasteiger charge is 2.66. The second-order valence-corrected chi connectivity index (χ2v) is 13.0. The minimum absolute atomic E-state index is 0.00661. The molecule has 0 spiro atoms. The lowest BCUT2D eigenvalue weighted by atomic mass is 9.45. The van der Waals surface area contributed by atoms with Gasteiger partial charge in [-0.05, 0) is 80.3 Å². The van der Waals surface area contributed by atoms with Gasteiger partial charge in [-0.1, -0.05) is 44.2 Å². The number of likely N-dealkylation sites (tertiary alicyclic amines) is 1. The van der Waals surface area contributed by atoms with Gasteiger partial charge in [-0.2, -0.15) is 0 Å². The maximum atomic E-state index is 13.3. The zero-order valence-corrected chi connectivity index (χ0v) is 23.8. The topological polar surface area (TPSA) is 139 Å². The molecule has 2 heterocycles. The summed E-state index contributed by atoms with van der Waals surface area (Å²) in [5.41, 5.74) is 1.55. The number of fused-ring (bicyclic) bond motifs is 1. The highest BCUT2D eigenvalue weighted by molar-refractivity contribution is 5.97. The van der Waals surface area contributed by atoms with Crippen LogP contribution >= 0.6 is 0 Å². The normalized spacial score (nSPS) is 26.6. The van der Waals surface area contributed by atoms with Crippen LogP contribution in [-0.2, 0) is 18.3 Å². The number of piperidine rings is 1. The first-order valence-corrected chi connectivity index (χ1v) is 14.4. The molecule has 2 aliphatic carbocycles. The second kappa shape index (κ2) is 9.70. The van der Waals surface area contributed by atoms with E-state index in [0.29, 0.717) is 36.9 Å². The number of phenols is 1. The molecule has 0 radical (unpaired) electrons. The third-order valence-electron chi connectivity index (χ3n) is 9.95. The molecular formula is C32H38N4O5. The molecule has 2 aromatic carbocycles. The number of aromatic amines is 2. The van der Waals surface area contributed by atoms with E-state index in [-0.39, 0.29) is 28.7 Å². The molecule has 1 amide bonds. The fraction of sp³-hybridized carbons (Fsp3) is 0.469. The Labute approximate surface area is 238 Å². The number of nitrogens with zero attached hydrogens (tertiary/aromatic N) is 1. The summed E-state index contributed by atoms with van der Waals surface area (Å²) >= 11 is 0. The van der Waals surface area contributed by atoms with Crippen molar-refractivity contribution in [2.75, 3.05) is 20.1 Å². The van der Waals surface area contributed by atoms with E-state index in [1.165, 1.54) is 6.20 Å². The minimum Gasteiger partial charge on any atom is -0.507 e. The van der Waals surface area contributed by atoms with Crippen LogP contribution in [0.1, 0.15) is 66.6 Å². The van der Waals surface area contributed by atoms with Crippen LogP contribution < -0.4 is 16.6 Å². The van der Waals surface area contributed by atoms with Gasteiger partial charge in [0, 0.05) is 29.8 Å². The van der Waals surface area contributed by atoms with E-state index >= 15 is 0 Å². The molecule has 3 aromatic rings. The van der Waals surface area contributed by atoms with Gasteiger partial charge in [-0.15, -0.1) is 0 Å². The summed E-state index contributed by atoms with van der Waals surface area (Å²) in [6, 6.07) is 11.0. The van der Waals surface area contributed by atoms with E-state index < -0.39 is 22.3 Å². The standard InChI is InChI=1S/C32H38N4O5/c1-30(2)11-12-32(41)24-16-21-8-9-22(26(37)25(21)31(32,18-30)13-15-36(24)3)27(38)33-14-10-19-4-6-20(7-5-19)23-17-34-29(40)35-28(23)39/h4-9,17,24,37,41H,10-16,18H2,1-3H3,(H,33,38)(H2,34,35,39,40)/t24-,31-,32-/m1/s1. The summed E-state index contributed by atoms with van der Waals surface area (Å²) in [5.74, 6) is -0.332. The lowest BCUT2D eigenvalue weighted by Crippen LogP contribution is -2.73. The molecule has 0 unspecified atom stereocenters. The van der Waals surface area contributed by atoms with Crippen molar-refractivity contribution >= 4 is 5.91 Å². The van der Waals surface area contributed by atoms with Gasteiger partial charge in [0.1, 0.15) is 5.75 Å². The predicted molar refractivity (Wildman–Crippen MR) is 156 cm³/mol. The number of rotatable bonds is 5. The number of benzene rings is 2. The molecule has 6 rings (SSSR count). The Balaban J connectivity index is 1.21. The first-order chi connectivity index (χ1) is 19.4. The molecule has 5 N–H and O–H groups in total. The van der Waals surface area contributed by atoms with Crippen molar-refractivity contribution in [1.82, 2.24) is 20.2 Å². The van der Waals surface area contributed by atoms with E-state index in [9.17, 15) is 24.6 Å². The predicted octanol–water partition coefficient (Wildman–Crippen LogP) is 2.85. The van der Waals surface area contributed by atoms with Crippen LogP contribution in [0.25, 0.3) is 11.1 Å². The van der Waals surface area contributed by atoms with Crippen LogP contribution in [-0.4, -0.2) is 62.8 Å². The average Bonchev–Trinajstić information content (AvgIpc) is 2.91. The molecule has 1 saturated heterocycles. The Morgan fingerprint density at radius 3 is 2.59 bits per heavy atom. The summed E-state index contributed by atoms with van der Waals surface area (Å²) in [6.07, 6.45) is 5.72. The number of likely N-dealkylation sites (N-methyl/N-ethyl adjacent to an activating group) is 1. The number of phenolic OH excluding ortho intramolecular Hbond substituents is 1. The molecule has 3 aliphatic rings. The summed E-state index contributed by atoms with van der Waals surface area (Å²) in [4.78, 5) is 43.6. The van der Waals surface area contributed by atoms with Crippen molar-refractivity contribution in [2.45, 2.75) is 69.4 Å². The van der Waals surface area contributed by atoms with E-state index in [2.05, 4.69) is 41.1 Å². The lowest BCUT2D eigenvalue weighted by molar-refractivity contribution is -0.179. The van der Waals surface area contributed by atoms with Gasteiger partial charge >= 0.3 is 5.69 Å². The Morgan fingerprint density at radius 1 is 1.10 bits per heavy atom. The van der Waals surface area contributed by atoms with Crippen LogP contribution in [0.2, 0.25) is 0 Å². The molecule has 2 fully saturated rings. The SMILES string of the molecule is CN1CC[C@]23CC(C)(C)CC[C@@]2(O)[C@H]1Cc1ccc(C(=O)NCCc2ccc(-c4c[nH]c(=O)[nH]c4=O)cc2)c(O)c13. The Bertz CT molecular complexity index is 1620. The second-order valence-electron chi connectivity index (χ2n) is 13.0. The van der Waals surface area contributed by atoms with Crippen molar-refractivity contribution in [3.05, 3.63) is 85.7 Å². The minimum atomic E-state index is -0.943. The van der Waals surface area contributed by atoms with Gasteiger partial charge in [-0.3, -0.25) is 14.6 Å². The Hall–Kier alpha value is -3.69. The first-order valence-electron chi connectivity index (χ1n) is 14.4. The zero-order valence-electron chi connectivity index (χ0n) is 23.8. The van der Waals surface area contributed by atoms with Gasteiger partial charge < -0.3 is 25.4 Å². The zero-order chi connectivity index (χ0) is 29.2. The third-order valence-corrected chi connectivity index (χ3v) is 9.95. The van der Waals surface area contributed by atoms with Gasteiger partial charge in [0.2, 0.25) is 0 Å². The van der Waals surface area contributed by atoms with Gasteiger partial charge in [0.05, 0.1) is 16.7 Å². The summed E-state index contributed by atoms with van der Waals surface area (Å²) in [6.45, 7) is 5.68. The smallest absolute Gasteiger partial charge is 0.325 e. The van der Waals surface area contributed by atoms with Crippen LogP contribution in [0.3, 0.4) is 0 Å². The van der Waals surface area contributed by atoms with Gasteiger partial charge in [0.15, 0.2) is 0 Å². The van der Waals surface area contributed by atoms with Crippen molar-refractivity contribution in [1.29, 1.82) is 0 Å². The number of hydrogen-bond donors (Lipinski definition) is 5.